The van der Waals surface area contributed by atoms with Crippen LogP contribution in [0.4, 0.5) is 29.1 Å². The van der Waals surface area contributed by atoms with Crippen molar-refractivity contribution in [3.05, 3.63) is 72.1 Å². The Hall–Kier alpha value is -3.70. The lowest BCUT2D eigenvalue weighted by Crippen LogP contribution is -2.39. The number of hydrogen-bond donors (Lipinski definition) is 3. The molecule has 2 aromatic heterocycles. The summed E-state index contributed by atoms with van der Waals surface area (Å²) in [5.74, 6) is -4.91. The van der Waals surface area contributed by atoms with Gasteiger partial charge in [0.1, 0.15) is 23.1 Å². The van der Waals surface area contributed by atoms with Crippen molar-refractivity contribution < 1.29 is 32.5 Å². The number of H-pyrrole nitrogens is 1. The number of nitrogens with zero attached hydrogens (tertiary/aromatic N) is 3. The monoisotopic (exact) mass is 448 g/mol. The molecule has 0 spiro atoms. The molecule has 3 N–H and O–H groups in total. The number of benzene rings is 2. The van der Waals surface area contributed by atoms with Crippen LogP contribution in [0.25, 0.3) is 10.9 Å². The second-order valence-corrected chi connectivity index (χ2v) is 6.77. The number of fused-ring (bicyclic) bond motifs is 1. The van der Waals surface area contributed by atoms with Crippen LogP contribution in [-0.4, -0.2) is 44.7 Å². The van der Waals surface area contributed by atoms with E-state index >= 15 is 8.78 Å². The summed E-state index contributed by atoms with van der Waals surface area (Å²) in [6, 6.07) is 4.54. The van der Waals surface area contributed by atoms with Crippen LogP contribution in [0.2, 0.25) is 0 Å². The van der Waals surface area contributed by atoms with Gasteiger partial charge in [0, 0.05) is 24.4 Å². The first-order chi connectivity index (χ1) is 15.4. The van der Waals surface area contributed by atoms with Crippen molar-refractivity contribution in [1.29, 1.82) is 0 Å². The highest BCUT2D eigenvalue weighted by Crippen LogP contribution is 2.38. The third kappa shape index (κ3) is 3.95. The molecule has 2 aromatic carbocycles. The van der Waals surface area contributed by atoms with Gasteiger partial charge >= 0.3 is 0 Å². The van der Waals surface area contributed by atoms with Gasteiger partial charge in [0.15, 0.2) is 23.2 Å². The summed E-state index contributed by atoms with van der Waals surface area (Å²) in [5.41, 5.74) is -0.103. The Balaban J connectivity index is 1.80. The summed E-state index contributed by atoms with van der Waals surface area (Å²) in [4.78, 5) is 5.18. The van der Waals surface area contributed by atoms with Gasteiger partial charge in [0.25, 0.3) is 0 Å². The number of aliphatic hydroxyl groups is 2. The van der Waals surface area contributed by atoms with E-state index in [-0.39, 0.29) is 11.6 Å². The highest BCUT2D eigenvalue weighted by molar-refractivity contribution is 5.91. The first-order valence-corrected chi connectivity index (χ1v) is 9.34. The van der Waals surface area contributed by atoms with Crippen LogP contribution in [0, 0.1) is 23.3 Å². The number of aliphatic hydroxyl groups excluding tert-OH is 2. The van der Waals surface area contributed by atoms with Crippen molar-refractivity contribution in [3.8, 4) is 11.5 Å². The molecule has 0 bridgehead atoms. The van der Waals surface area contributed by atoms with Gasteiger partial charge in [-0.05, 0) is 18.2 Å². The Bertz CT molecular complexity index is 1240. The van der Waals surface area contributed by atoms with Crippen molar-refractivity contribution in [2.24, 2.45) is 0 Å². The summed E-state index contributed by atoms with van der Waals surface area (Å²) in [6.07, 6.45) is 2.76. The van der Waals surface area contributed by atoms with Crippen molar-refractivity contribution in [2.45, 2.75) is 6.04 Å². The predicted octanol–water partition coefficient (Wildman–Crippen LogP) is 3.80. The molecule has 4 aromatic rings. The number of anilines is 2. The Kier molecular flexibility index (Phi) is 5.93. The lowest BCUT2D eigenvalue weighted by Gasteiger charge is -2.31. The summed E-state index contributed by atoms with van der Waals surface area (Å²) >= 11 is 0. The largest absolute Gasteiger partial charge is 0.454 e. The van der Waals surface area contributed by atoms with Gasteiger partial charge in [-0.3, -0.25) is 5.10 Å². The lowest BCUT2D eigenvalue weighted by atomic mass is 10.1. The van der Waals surface area contributed by atoms with Gasteiger partial charge in [-0.25, -0.2) is 22.5 Å². The molecule has 0 unspecified atom stereocenters. The van der Waals surface area contributed by atoms with Crippen LogP contribution in [0.3, 0.4) is 0 Å². The molecule has 0 fully saturated rings. The van der Waals surface area contributed by atoms with Gasteiger partial charge in [0.2, 0.25) is 0 Å². The Morgan fingerprint density at radius 3 is 2.34 bits per heavy atom. The second kappa shape index (κ2) is 8.81. The van der Waals surface area contributed by atoms with Crippen LogP contribution in [0.15, 0.2) is 48.8 Å². The molecule has 0 aliphatic rings. The fourth-order valence-electron chi connectivity index (χ4n) is 3.24. The van der Waals surface area contributed by atoms with E-state index in [9.17, 15) is 19.0 Å². The Labute approximate surface area is 178 Å². The fraction of sp³-hybridized carbons (Fsp3) is 0.143. The summed E-state index contributed by atoms with van der Waals surface area (Å²) in [6.45, 7) is -1.30. The van der Waals surface area contributed by atoms with E-state index in [0.29, 0.717) is 17.0 Å². The number of aromatic nitrogens is 3. The van der Waals surface area contributed by atoms with Gasteiger partial charge in [-0.1, -0.05) is 0 Å². The third-order valence-electron chi connectivity index (χ3n) is 4.72. The minimum Gasteiger partial charge on any atom is -0.454 e. The number of ether oxygens (including phenoxy) is 1. The molecule has 0 radical (unpaired) electrons. The molecule has 7 nitrogen and oxygen atoms in total. The zero-order chi connectivity index (χ0) is 22.8. The topological polar surface area (TPSA) is 94.5 Å². The van der Waals surface area contributed by atoms with Crippen LogP contribution in [-0.2, 0) is 0 Å². The molecule has 0 atom stereocenters. The van der Waals surface area contributed by atoms with Crippen LogP contribution in [0.5, 0.6) is 11.5 Å². The average molecular weight is 448 g/mol. The number of rotatable bonds is 7. The second-order valence-electron chi connectivity index (χ2n) is 6.77. The average Bonchev–Trinajstić information content (AvgIpc) is 3.24. The number of nitrogens with one attached hydrogen (secondary N) is 1. The van der Waals surface area contributed by atoms with Crippen LogP contribution >= 0.6 is 0 Å². The molecule has 11 heteroatoms. The maximum atomic E-state index is 15.1. The molecular weight excluding hydrogens is 432 g/mol. The number of aromatic amines is 1. The van der Waals surface area contributed by atoms with E-state index < -0.39 is 54.0 Å². The molecule has 4 rings (SSSR count). The molecule has 2 heterocycles. The molecule has 32 heavy (non-hydrogen) atoms. The summed E-state index contributed by atoms with van der Waals surface area (Å²) < 4.78 is 62.4. The highest BCUT2D eigenvalue weighted by atomic mass is 19.1. The Morgan fingerprint density at radius 1 is 0.969 bits per heavy atom. The van der Waals surface area contributed by atoms with E-state index in [2.05, 4.69) is 15.2 Å². The molecule has 0 aliphatic heterocycles. The van der Waals surface area contributed by atoms with Gasteiger partial charge in [-0.15, -0.1) is 0 Å². The fourth-order valence-corrected chi connectivity index (χ4v) is 3.24. The van der Waals surface area contributed by atoms with Gasteiger partial charge in [-0.2, -0.15) is 5.10 Å². The predicted molar refractivity (Wildman–Crippen MR) is 107 cm³/mol. The first-order valence-electron chi connectivity index (χ1n) is 9.34. The van der Waals surface area contributed by atoms with E-state index in [1.54, 1.807) is 6.07 Å². The van der Waals surface area contributed by atoms with Crippen molar-refractivity contribution in [1.82, 2.24) is 15.2 Å². The lowest BCUT2D eigenvalue weighted by molar-refractivity contribution is 0.192. The molecule has 0 saturated heterocycles. The zero-order valence-corrected chi connectivity index (χ0v) is 16.3. The van der Waals surface area contributed by atoms with E-state index in [1.165, 1.54) is 12.4 Å². The molecule has 0 aliphatic carbocycles. The standard InChI is InChI=1S/C21H16F4N4O3/c22-11-1-2-19(15(23)5-11)32-13-6-16(24)20(17(25)7-13)29(12(9-30)10-31)21-14-8-27-28-18(14)3-4-26-21/h1-8,12,30-31H,9-10H2,(H,27,28). The van der Waals surface area contributed by atoms with Gasteiger partial charge in [0.05, 0.1) is 36.4 Å². The summed E-state index contributed by atoms with van der Waals surface area (Å²) in [7, 11) is 0. The molecule has 0 amide bonds. The number of pyridine rings is 1. The minimum atomic E-state index is -1.15. The molecule has 0 saturated carbocycles. The zero-order valence-electron chi connectivity index (χ0n) is 16.3. The number of hydrogen-bond acceptors (Lipinski definition) is 6. The maximum absolute atomic E-state index is 15.1. The van der Waals surface area contributed by atoms with E-state index in [1.807, 2.05) is 0 Å². The quantitative estimate of drug-likeness (QED) is 0.373. The SMILES string of the molecule is OCC(CO)N(c1c(F)cc(Oc2ccc(F)cc2F)cc1F)c1nccc2[nH]ncc12. The van der Waals surface area contributed by atoms with Crippen molar-refractivity contribution in [2.75, 3.05) is 18.1 Å². The van der Waals surface area contributed by atoms with E-state index in [4.69, 9.17) is 4.74 Å². The smallest absolute Gasteiger partial charge is 0.168 e. The van der Waals surface area contributed by atoms with Crippen LogP contribution < -0.4 is 9.64 Å². The van der Waals surface area contributed by atoms with Crippen LogP contribution in [0.1, 0.15) is 0 Å². The summed E-state index contributed by atoms with van der Waals surface area (Å²) in [5, 5.41) is 26.4. The van der Waals surface area contributed by atoms with E-state index in [0.717, 1.165) is 29.2 Å². The first kappa shape index (κ1) is 21.5. The maximum Gasteiger partial charge on any atom is 0.168 e. The normalized spacial score (nSPS) is 11.3. The molecule has 166 valence electrons. The van der Waals surface area contributed by atoms with Crippen molar-refractivity contribution in [3.63, 3.8) is 0 Å². The van der Waals surface area contributed by atoms with Gasteiger partial charge < -0.3 is 19.8 Å². The molecular formula is C21H16F4N4O3. The third-order valence-corrected chi connectivity index (χ3v) is 4.72. The highest BCUT2D eigenvalue weighted by Gasteiger charge is 2.29. The number of halogens is 4. The van der Waals surface area contributed by atoms with Crippen molar-refractivity contribution >= 4 is 22.4 Å². The Morgan fingerprint density at radius 2 is 1.69 bits per heavy atom. The minimum absolute atomic E-state index is 0.0420.